The summed E-state index contributed by atoms with van der Waals surface area (Å²) in [6, 6.07) is 5.71. The van der Waals surface area contributed by atoms with E-state index in [1.165, 1.54) is 0 Å². The van der Waals surface area contributed by atoms with E-state index in [9.17, 15) is 0 Å². The minimum absolute atomic E-state index is 0.491. The number of H-pyrrole nitrogens is 1. The molecule has 2 aromatic rings. The van der Waals surface area contributed by atoms with E-state index in [2.05, 4.69) is 9.97 Å². The summed E-state index contributed by atoms with van der Waals surface area (Å²) in [6.45, 7) is 3.81. The van der Waals surface area contributed by atoms with Crippen molar-refractivity contribution in [2.75, 3.05) is 14.2 Å². The van der Waals surface area contributed by atoms with Crippen molar-refractivity contribution in [1.29, 1.82) is 0 Å². The number of hydrogen-bond donors (Lipinski definition) is 2. The summed E-state index contributed by atoms with van der Waals surface area (Å²) in [7, 11) is 3.23. The average Bonchev–Trinajstić information content (AvgIpc) is 2.87. The monoisotopic (exact) mass is 261 g/mol. The fourth-order valence-electron chi connectivity index (χ4n) is 1.80. The Labute approximate surface area is 112 Å². The molecule has 0 aliphatic rings. The van der Waals surface area contributed by atoms with Crippen molar-refractivity contribution in [3.05, 3.63) is 30.2 Å². The van der Waals surface area contributed by atoms with Crippen LogP contribution in [0.2, 0.25) is 0 Å². The normalized spacial score (nSPS) is 11.4. The van der Waals surface area contributed by atoms with Crippen molar-refractivity contribution in [1.82, 2.24) is 9.97 Å². The van der Waals surface area contributed by atoms with E-state index in [0.717, 1.165) is 17.1 Å². The van der Waals surface area contributed by atoms with Crippen LogP contribution >= 0.6 is 0 Å². The Morgan fingerprint density at radius 3 is 2.37 bits per heavy atom. The van der Waals surface area contributed by atoms with Crippen LogP contribution in [0.4, 0.5) is 0 Å². The maximum absolute atomic E-state index is 6.01. The van der Waals surface area contributed by atoms with Crippen LogP contribution in [0, 0.1) is 0 Å². The molecule has 1 heterocycles. The van der Waals surface area contributed by atoms with Crippen LogP contribution in [0.15, 0.2) is 24.4 Å². The molecule has 0 fully saturated rings. The number of benzene rings is 1. The first-order valence-corrected chi connectivity index (χ1v) is 6.02. The summed E-state index contributed by atoms with van der Waals surface area (Å²) in [5.74, 6) is 2.13. The first-order chi connectivity index (χ1) is 8.95. The highest BCUT2D eigenvalue weighted by Crippen LogP contribution is 2.32. The standard InChI is InChI=1S/C14H19N3O2/c1-14(2,15)13-16-8-10(17-13)9-5-6-11(18-3)12(7-9)19-4/h5-8H,15H2,1-4H3,(H,16,17). The van der Waals surface area contributed by atoms with E-state index in [4.69, 9.17) is 15.2 Å². The molecule has 1 aromatic heterocycles. The second-order valence-electron chi connectivity index (χ2n) is 4.94. The van der Waals surface area contributed by atoms with E-state index in [0.29, 0.717) is 11.5 Å². The highest BCUT2D eigenvalue weighted by Gasteiger charge is 2.18. The molecule has 102 valence electrons. The van der Waals surface area contributed by atoms with Gasteiger partial charge in [-0.1, -0.05) is 0 Å². The third kappa shape index (κ3) is 2.71. The van der Waals surface area contributed by atoms with Gasteiger partial charge in [0.15, 0.2) is 11.5 Å². The predicted octanol–water partition coefficient (Wildman–Crippen LogP) is 2.29. The molecule has 2 rings (SSSR count). The number of methoxy groups -OCH3 is 2. The average molecular weight is 261 g/mol. The fourth-order valence-corrected chi connectivity index (χ4v) is 1.80. The van der Waals surface area contributed by atoms with Gasteiger partial charge in [0.2, 0.25) is 0 Å². The van der Waals surface area contributed by atoms with Gasteiger partial charge in [-0.05, 0) is 32.0 Å². The maximum atomic E-state index is 6.01. The zero-order valence-electron chi connectivity index (χ0n) is 11.7. The molecule has 0 spiro atoms. The van der Waals surface area contributed by atoms with Gasteiger partial charge >= 0.3 is 0 Å². The topological polar surface area (TPSA) is 73.2 Å². The molecule has 0 saturated carbocycles. The number of hydrogen-bond acceptors (Lipinski definition) is 4. The van der Waals surface area contributed by atoms with Crippen LogP contribution in [-0.2, 0) is 5.54 Å². The second kappa shape index (κ2) is 4.93. The summed E-state index contributed by atoms with van der Waals surface area (Å²) in [5.41, 5.74) is 7.39. The Bertz CT molecular complexity index is 570. The minimum atomic E-state index is -0.491. The Morgan fingerprint density at radius 1 is 1.16 bits per heavy atom. The van der Waals surface area contributed by atoms with Crippen molar-refractivity contribution < 1.29 is 9.47 Å². The number of aromatic nitrogens is 2. The number of rotatable bonds is 4. The molecule has 1 aromatic carbocycles. The van der Waals surface area contributed by atoms with Crippen LogP contribution in [0.3, 0.4) is 0 Å². The summed E-state index contributed by atoms with van der Waals surface area (Å²) < 4.78 is 10.5. The van der Waals surface area contributed by atoms with Gasteiger partial charge in [0.25, 0.3) is 0 Å². The van der Waals surface area contributed by atoms with Crippen molar-refractivity contribution in [3.8, 4) is 22.8 Å². The lowest BCUT2D eigenvalue weighted by molar-refractivity contribution is 0.355. The summed E-state index contributed by atoms with van der Waals surface area (Å²) in [4.78, 5) is 7.54. The molecule has 19 heavy (non-hydrogen) atoms. The lowest BCUT2D eigenvalue weighted by Crippen LogP contribution is -2.30. The zero-order valence-corrected chi connectivity index (χ0v) is 11.7. The molecule has 0 unspecified atom stereocenters. The smallest absolute Gasteiger partial charge is 0.161 e. The number of nitrogens with zero attached hydrogens (tertiary/aromatic N) is 1. The van der Waals surface area contributed by atoms with Crippen molar-refractivity contribution in [2.24, 2.45) is 5.73 Å². The van der Waals surface area contributed by atoms with E-state index in [-0.39, 0.29) is 0 Å². The van der Waals surface area contributed by atoms with E-state index < -0.39 is 5.54 Å². The van der Waals surface area contributed by atoms with E-state index in [1.54, 1.807) is 20.4 Å². The van der Waals surface area contributed by atoms with Gasteiger partial charge in [0.1, 0.15) is 5.82 Å². The molecule has 0 atom stereocenters. The largest absolute Gasteiger partial charge is 0.493 e. The molecule has 5 nitrogen and oxygen atoms in total. The predicted molar refractivity (Wildman–Crippen MR) is 74.3 cm³/mol. The van der Waals surface area contributed by atoms with Crippen LogP contribution in [0.5, 0.6) is 11.5 Å². The molecular weight excluding hydrogens is 242 g/mol. The van der Waals surface area contributed by atoms with E-state index >= 15 is 0 Å². The molecule has 5 heteroatoms. The molecule has 0 aliphatic heterocycles. The molecular formula is C14H19N3O2. The van der Waals surface area contributed by atoms with Crippen LogP contribution < -0.4 is 15.2 Å². The Morgan fingerprint density at radius 2 is 1.84 bits per heavy atom. The molecule has 0 amide bonds. The highest BCUT2D eigenvalue weighted by molar-refractivity contribution is 5.63. The maximum Gasteiger partial charge on any atom is 0.161 e. The summed E-state index contributed by atoms with van der Waals surface area (Å²) in [5, 5.41) is 0. The number of imidazole rings is 1. The van der Waals surface area contributed by atoms with Gasteiger partial charge in [-0.15, -0.1) is 0 Å². The van der Waals surface area contributed by atoms with Crippen LogP contribution in [-0.4, -0.2) is 24.2 Å². The third-order valence-corrected chi connectivity index (χ3v) is 2.88. The van der Waals surface area contributed by atoms with E-state index in [1.807, 2.05) is 32.0 Å². The third-order valence-electron chi connectivity index (χ3n) is 2.88. The number of aromatic amines is 1. The summed E-state index contributed by atoms with van der Waals surface area (Å²) in [6.07, 6.45) is 1.77. The Hall–Kier alpha value is -2.01. The lowest BCUT2D eigenvalue weighted by atomic mass is 10.1. The lowest BCUT2D eigenvalue weighted by Gasteiger charge is -2.14. The van der Waals surface area contributed by atoms with Crippen molar-refractivity contribution in [2.45, 2.75) is 19.4 Å². The SMILES string of the molecule is COc1ccc(-c2cnc(C(C)(C)N)[nH]2)cc1OC. The zero-order chi connectivity index (χ0) is 14.0. The second-order valence-corrected chi connectivity index (χ2v) is 4.94. The van der Waals surface area contributed by atoms with Crippen molar-refractivity contribution in [3.63, 3.8) is 0 Å². The quantitative estimate of drug-likeness (QED) is 0.885. The number of ether oxygens (including phenoxy) is 2. The van der Waals surface area contributed by atoms with Gasteiger partial charge < -0.3 is 20.2 Å². The first kappa shape index (κ1) is 13.4. The number of nitrogens with one attached hydrogen (secondary N) is 1. The molecule has 3 N–H and O–H groups in total. The Balaban J connectivity index is 2.39. The van der Waals surface area contributed by atoms with Crippen LogP contribution in [0.25, 0.3) is 11.3 Å². The van der Waals surface area contributed by atoms with Gasteiger partial charge in [-0.3, -0.25) is 0 Å². The van der Waals surface area contributed by atoms with Gasteiger partial charge in [0, 0.05) is 5.56 Å². The van der Waals surface area contributed by atoms with Crippen molar-refractivity contribution >= 4 is 0 Å². The molecule has 0 aliphatic carbocycles. The van der Waals surface area contributed by atoms with Gasteiger partial charge in [0.05, 0.1) is 31.6 Å². The van der Waals surface area contributed by atoms with Gasteiger partial charge in [-0.25, -0.2) is 4.98 Å². The summed E-state index contributed by atoms with van der Waals surface area (Å²) >= 11 is 0. The Kier molecular flexibility index (Phi) is 3.48. The van der Waals surface area contributed by atoms with Crippen LogP contribution in [0.1, 0.15) is 19.7 Å². The number of nitrogens with two attached hydrogens (primary N) is 1. The first-order valence-electron chi connectivity index (χ1n) is 6.02. The molecule has 0 radical (unpaired) electrons. The molecule has 0 bridgehead atoms. The fraction of sp³-hybridized carbons (Fsp3) is 0.357. The minimum Gasteiger partial charge on any atom is -0.493 e. The highest BCUT2D eigenvalue weighted by atomic mass is 16.5. The molecule has 0 saturated heterocycles. The van der Waals surface area contributed by atoms with Gasteiger partial charge in [-0.2, -0.15) is 0 Å².